The number of ether oxygens (including phenoxy) is 2. The molecule has 4 rings (SSSR count). The highest BCUT2D eigenvalue weighted by molar-refractivity contribution is 5.93. The van der Waals surface area contributed by atoms with Gasteiger partial charge in [0.15, 0.2) is 29.0 Å². The third-order valence-corrected chi connectivity index (χ3v) is 6.80. The number of aromatic hydroxyl groups is 2. The smallest absolute Gasteiger partial charge is 0.329 e. The van der Waals surface area contributed by atoms with Gasteiger partial charge in [-0.2, -0.15) is 0 Å². The molecular weight excluding hydrogens is 673 g/mol. The molecule has 6 N–H and O–H groups in total. The standard InChI is InChI=1S/C18H18F2N2O4.C18H19FN2O4/c1-2-26-17(24)15(8-11-6-4-3-5-7-11)22-18(25)21-12-9-13(19)16(23)14(20)10-12;1-2-25-17(23)15(10-12-6-4-3-5-7-12)21-18(24)20-13-8-9-16(22)14(19)11-13/h3-7,9-10,15,23H,2,8H2,1H3,(H2,21,22,25);3-9,11,15,22H,2,10H2,1H3,(H2,20,21,24). The molecule has 0 heterocycles. The van der Waals surface area contributed by atoms with E-state index in [9.17, 15) is 32.3 Å². The number of benzene rings is 4. The van der Waals surface area contributed by atoms with Crippen LogP contribution in [0.25, 0.3) is 0 Å². The number of urea groups is 2. The Morgan fingerprint density at radius 2 is 1.02 bits per heavy atom. The summed E-state index contributed by atoms with van der Waals surface area (Å²) in [5.74, 6) is -6.13. The van der Waals surface area contributed by atoms with E-state index >= 15 is 0 Å². The molecule has 4 aromatic carbocycles. The Balaban J connectivity index is 0.000000276. The van der Waals surface area contributed by atoms with E-state index in [1.165, 1.54) is 6.07 Å². The van der Waals surface area contributed by atoms with Crippen molar-refractivity contribution < 1.29 is 52.0 Å². The Bertz CT molecular complexity index is 1760. The number of carbonyl (C=O) groups excluding carboxylic acids is 4. The summed E-state index contributed by atoms with van der Waals surface area (Å²) in [4.78, 5) is 48.3. The van der Waals surface area contributed by atoms with Crippen LogP contribution in [-0.4, -0.2) is 59.5 Å². The molecule has 4 amide bonds. The van der Waals surface area contributed by atoms with Gasteiger partial charge in [-0.05, 0) is 37.1 Å². The lowest BCUT2D eigenvalue weighted by Crippen LogP contribution is -2.45. The number of nitrogens with one attached hydrogen (secondary N) is 4. The summed E-state index contributed by atoms with van der Waals surface area (Å²) in [5, 5.41) is 27.8. The maximum Gasteiger partial charge on any atom is 0.329 e. The average Bonchev–Trinajstić information content (AvgIpc) is 3.09. The predicted molar refractivity (Wildman–Crippen MR) is 182 cm³/mol. The van der Waals surface area contributed by atoms with Crippen LogP contribution in [0.3, 0.4) is 0 Å². The van der Waals surface area contributed by atoms with Crippen molar-refractivity contribution >= 4 is 35.4 Å². The minimum absolute atomic E-state index is 0.141. The number of halogens is 3. The molecule has 2 unspecified atom stereocenters. The van der Waals surface area contributed by atoms with Crippen molar-refractivity contribution in [2.24, 2.45) is 0 Å². The van der Waals surface area contributed by atoms with E-state index < -0.39 is 65.0 Å². The van der Waals surface area contributed by atoms with E-state index in [1.807, 2.05) is 36.4 Å². The van der Waals surface area contributed by atoms with Gasteiger partial charge in [-0.3, -0.25) is 0 Å². The second kappa shape index (κ2) is 19.7. The second-order valence-electron chi connectivity index (χ2n) is 10.6. The van der Waals surface area contributed by atoms with Gasteiger partial charge in [0.05, 0.1) is 13.2 Å². The van der Waals surface area contributed by atoms with Crippen molar-refractivity contribution in [1.29, 1.82) is 0 Å². The van der Waals surface area contributed by atoms with Crippen molar-refractivity contribution in [3.05, 3.63) is 120 Å². The van der Waals surface area contributed by atoms with Gasteiger partial charge in [0.25, 0.3) is 0 Å². The van der Waals surface area contributed by atoms with Crippen LogP contribution < -0.4 is 21.3 Å². The number of hydrogen-bond acceptors (Lipinski definition) is 8. The lowest BCUT2D eigenvalue weighted by molar-refractivity contribution is -0.146. The zero-order chi connectivity index (χ0) is 37.3. The summed E-state index contributed by atoms with van der Waals surface area (Å²) >= 11 is 0. The van der Waals surface area contributed by atoms with E-state index in [4.69, 9.17) is 19.7 Å². The predicted octanol–water partition coefficient (Wildman–Crippen LogP) is 5.79. The van der Waals surface area contributed by atoms with E-state index in [1.54, 1.807) is 38.1 Å². The molecule has 0 aliphatic carbocycles. The number of rotatable bonds is 12. The molecule has 0 radical (unpaired) electrons. The first kappa shape index (κ1) is 39.2. The normalized spacial score (nSPS) is 11.5. The van der Waals surface area contributed by atoms with Crippen LogP contribution in [-0.2, 0) is 31.9 Å². The highest BCUT2D eigenvalue weighted by Gasteiger charge is 2.24. The molecule has 0 aliphatic heterocycles. The van der Waals surface area contributed by atoms with Crippen LogP contribution in [0.1, 0.15) is 25.0 Å². The lowest BCUT2D eigenvalue weighted by atomic mass is 10.1. The first-order valence-corrected chi connectivity index (χ1v) is 15.6. The number of anilines is 2. The lowest BCUT2D eigenvalue weighted by Gasteiger charge is -2.18. The van der Waals surface area contributed by atoms with Crippen LogP contribution >= 0.6 is 0 Å². The number of hydrogen-bond donors (Lipinski definition) is 6. The molecule has 0 aromatic heterocycles. The summed E-state index contributed by atoms with van der Waals surface area (Å²) in [6, 6.07) is 19.7. The number of phenols is 2. The minimum Gasteiger partial charge on any atom is -0.505 e. The fourth-order valence-corrected chi connectivity index (χ4v) is 4.45. The van der Waals surface area contributed by atoms with Gasteiger partial charge in [-0.15, -0.1) is 0 Å². The van der Waals surface area contributed by atoms with Crippen molar-refractivity contribution in [2.75, 3.05) is 23.8 Å². The second-order valence-corrected chi connectivity index (χ2v) is 10.6. The summed E-state index contributed by atoms with van der Waals surface area (Å²) in [6.45, 7) is 3.65. The molecule has 0 bridgehead atoms. The van der Waals surface area contributed by atoms with Gasteiger partial charge in [-0.1, -0.05) is 60.7 Å². The van der Waals surface area contributed by atoms with Crippen molar-refractivity contribution in [1.82, 2.24) is 10.6 Å². The monoisotopic (exact) mass is 710 g/mol. The highest BCUT2D eigenvalue weighted by Crippen LogP contribution is 2.24. The molecule has 0 aliphatic rings. The summed E-state index contributed by atoms with van der Waals surface area (Å²) < 4.78 is 49.9. The molecule has 0 saturated heterocycles. The Labute approximate surface area is 291 Å². The fourth-order valence-electron chi connectivity index (χ4n) is 4.45. The van der Waals surface area contributed by atoms with Crippen molar-refractivity contribution in [3.63, 3.8) is 0 Å². The fraction of sp³-hybridized carbons (Fsp3) is 0.222. The zero-order valence-electron chi connectivity index (χ0n) is 27.6. The van der Waals surface area contributed by atoms with Crippen LogP contribution in [0.5, 0.6) is 11.5 Å². The topological polar surface area (TPSA) is 175 Å². The van der Waals surface area contributed by atoms with Crippen LogP contribution in [0.4, 0.5) is 34.1 Å². The number of phenolic OH excluding ortho intramolecular Hbond substituents is 2. The third kappa shape index (κ3) is 12.9. The molecule has 0 spiro atoms. The van der Waals surface area contributed by atoms with E-state index in [2.05, 4.69) is 21.3 Å². The van der Waals surface area contributed by atoms with Crippen LogP contribution in [0, 0.1) is 17.5 Å². The molecule has 2 atom stereocenters. The Morgan fingerprint density at radius 3 is 1.43 bits per heavy atom. The summed E-state index contributed by atoms with van der Waals surface area (Å²) in [5.41, 5.74) is 1.59. The van der Waals surface area contributed by atoms with Gasteiger partial charge < -0.3 is 41.0 Å². The number of carbonyl (C=O) groups is 4. The summed E-state index contributed by atoms with van der Waals surface area (Å²) in [7, 11) is 0. The Morgan fingerprint density at radius 1 is 0.608 bits per heavy atom. The number of esters is 2. The third-order valence-electron chi connectivity index (χ3n) is 6.80. The van der Waals surface area contributed by atoms with Gasteiger partial charge in [-0.25, -0.2) is 32.3 Å². The molecule has 0 fully saturated rings. The van der Waals surface area contributed by atoms with Crippen molar-refractivity contribution in [2.45, 2.75) is 38.8 Å². The largest absolute Gasteiger partial charge is 0.505 e. The average molecular weight is 711 g/mol. The van der Waals surface area contributed by atoms with Gasteiger partial charge in [0.2, 0.25) is 0 Å². The molecular formula is C36H37F3N4O8. The Hall–Kier alpha value is -6.25. The highest BCUT2D eigenvalue weighted by atomic mass is 19.1. The molecule has 270 valence electrons. The van der Waals surface area contributed by atoms with Crippen molar-refractivity contribution in [3.8, 4) is 11.5 Å². The molecule has 0 saturated carbocycles. The van der Waals surface area contributed by atoms with Crippen LogP contribution in [0.15, 0.2) is 91.0 Å². The van der Waals surface area contributed by atoms with E-state index in [0.29, 0.717) is 0 Å². The molecule has 51 heavy (non-hydrogen) atoms. The summed E-state index contributed by atoms with van der Waals surface area (Å²) in [6.07, 6.45) is 0.447. The zero-order valence-corrected chi connectivity index (χ0v) is 27.6. The molecule has 12 nitrogen and oxygen atoms in total. The first-order valence-electron chi connectivity index (χ1n) is 15.6. The molecule has 15 heteroatoms. The maximum atomic E-state index is 13.3. The quantitative estimate of drug-likeness (QED) is 0.0791. The van der Waals surface area contributed by atoms with Crippen LogP contribution in [0.2, 0.25) is 0 Å². The molecule has 4 aromatic rings. The maximum absolute atomic E-state index is 13.3. The Kier molecular flexibility index (Phi) is 15.1. The van der Waals surface area contributed by atoms with Gasteiger partial charge in [0, 0.05) is 42.4 Å². The number of amides is 4. The van der Waals surface area contributed by atoms with E-state index in [0.717, 1.165) is 35.4 Å². The van der Waals surface area contributed by atoms with Gasteiger partial charge >= 0.3 is 24.0 Å². The van der Waals surface area contributed by atoms with Gasteiger partial charge in [0.1, 0.15) is 12.1 Å². The van der Waals surface area contributed by atoms with E-state index in [-0.39, 0.29) is 37.4 Å². The SMILES string of the molecule is CCOC(=O)C(Cc1ccccc1)NC(=O)Nc1cc(F)c(O)c(F)c1.CCOC(=O)C(Cc1ccccc1)NC(=O)Nc1ccc(O)c(F)c1. The first-order chi connectivity index (χ1) is 24.4. The minimum atomic E-state index is -1.22.